The van der Waals surface area contributed by atoms with Crippen molar-refractivity contribution in [3.05, 3.63) is 59.4 Å². The number of hydrogen-bond acceptors (Lipinski definition) is 5. The van der Waals surface area contributed by atoms with Gasteiger partial charge in [0.15, 0.2) is 0 Å². The Morgan fingerprint density at radius 1 is 1.15 bits per heavy atom. The van der Waals surface area contributed by atoms with Crippen molar-refractivity contribution in [1.29, 1.82) is 0 Å². The molecule has 2 aromatic rings. The van der Waals surface area contributed by atoms with E-state index in [0.717, 1.165) is 5.56 Å². The second kappa shape index (κ2) is 9.07. The van der Waals surface area contributed by atoms with Gasteiger partial charge in [-0.3, -0.25) is 14.8 Å². The normalized spacial score (nSPS) is 11.0. The Bertz CT molecular complexity index is 806. The number of halogens is 1. The number of rotatable bonds is 6. The zero-order valence-corrected chi connectivity index (χ0v) is 15.6. The molecule has 0 spiro atoms. The molecule has 7 nitrogen and oxygen atoms in total. The molecule has 0 radical (unpaired) electrons. The van der Waals surface area contributed by atoms with Gasteiger partial charge in [0.05, 0.1) is 12.2 Å². The lowest BCUT2D eigenvalue weighted by atomic mass is 10.1. The summed E-state index contributed by atoms with van der Waals surface area (Å²) < 4.78 is 18.7. The monoisotopic (exact) mass is 374 g/mol. The highest BCUT2D eigenvalue weighted by Crippen LogP contribution is 2.07. The summed E-state index contributed by atoms with van der Waals surface area (Å²) in [6.45, 7) is 5.70. The molecule has 2 N–H and O–H groups in total. The van der Waals surface area contributed by atoms with Crippen molar-refractivity contribution >= 4 is 12.0 Å². The van der Waals surface area contributed by atoms with Crippen molar-refractivity contribution in [2.45, 2.75) is 39.3 Å². The van der Waals surface area contributed by atoms with Crippen LogP contribution in [-0.4, -0.2) is 34.1 Å². The second-order valence-corrected chi connectivity index (χ2v) is 6.84. The van der Waals surface area contributed by atoms with Gasteiger partial charge in [0.2, 0.25) is 0 Å². The summed E-state index contributed by atoms with van der Waals surface area (Å²) in [5.41, 5.74) is 0.638. The highest BCUT2D eigenvalue weighted by atomic mass is 19.1. The van der Waals surface area contributed by atoms with Crippen LogP contribution in [0, 0.1) is 5.82 Å². The molecule has 0 aromatic carbocycles. The van der Waals surface area contributed by atoms with Gasteiger partial charge in [-0.2, -0.15) is 0 Å². The third-order valence-electron chi connectivity index (χ3n) is 3.39. The standard InChI is InChI=1S/C19H23FN4O3/c1-19(2,3)27-18(26)23-10-7-13-6-9-22-15(11-13)17(25)24-12-16-14(20)5-4-8-21-16/h4-6,8-9,11H,7,10,12H2,1-3H3,(H,23,26)(H,24,25). The predicted molar refractivity (Wildman–Crippen MR) is 97.5 cm³/mol. The van der Waals surface area contributed by atoms with Gasteiger partial charge >= 0.3 is 6.09 Å². The van der Waals surface area contributed by atoms with E-state index in [-0.39, 0.29) is 17.9 Å². The predicted octanol–water partition coefficient (Wildman–Crippen LogP) is 2.61. The lowest BCUT2D eigenvalue weighted by Gasteiger charge is -2.19. The third kappa shape index (κ3) is 7.01. The minimum atomic E-state index is -0.556. The van der Waals surface area contributed by atoms with E-state index in [9.17, 15) is 14.0 Å². The van der Waals surface area contributed by atoms with Crippen LogP contribution in [0.15, 0.2) is 36.7 Å². The fourth-order valence-corrected chi connectivity index (χ4v) is 2.18. The molecule has 2 rings (SSSR count). The van der Waals surface area contributed by atoms with Crippen molar-refractivity contribution in [3.63, 3.8) is 0 Å². The summed E-state index contributed by atoms with van der Waals surface area (Å²) in [5, 5.41) is 5.25. The largest absolute Gasteiger partial charge is 0.444 e. The molecule has 0 unspecified atom stereocenters. The van der Waals surface area contributed by atoms with Crippen LogP contribution in [0.2, 0.25) is 0 Å². The number of carbonyl (C=O) groups excluding carboxylic acids is 2. The lowest BCUT2D eigenvalue weighted by molar-refractivity contribution is 0.0528. The number of nitrogens with zero attached hydrogens (tertiary/aromatic N) is 2. The molecule has 0 aliphatic rings. The molecule has 27 heavy (non-hydrogen) atoms. The summed E-state index contributed by atoms with van der Waals surface area (Å²) in [6, 6.07) is 6.15. The molecule has 0 saturated carbocycles. The Morgan fingerprint density at radius 2 is 1.93 bits per heavy atom. The Balaban J connectivity index is 1.86. The average molecular weight is 374 g/mol. The number of hydrogen-bond donors (Lipinski definition) is 2. The van der Waals surface area contributed by atoms with Crippen molar-refractivity contribution in [2.24, 2.45) is 0 Å². The summed E-state index contributed by atoms with van der Waals surface area (Å²) in [4.78, 5) is 31.7. The van der Waals surface area contributed by atoms with Gasteiger partial charge in [-0.15, -0.1) is 0 Å². The van der Waals surface area contributed by atoms with Crippen LogP contribution in [0.4, 0.5) is 9.18 Å². The summed E-state index contributed by atoms with van der Waals surface area (Å²) in [7, 11) is 0. The van der Waals surface area contributed by atoms with Crippen LogP contribution in [-0.2, 0) is 17.7 Å². The summed E-state index contributed by atoms with van der Waals surface area (Å²) in [5.74, 6) is -0.908. The summed E-state index contributed by atoms with van der Waals surface area (Å²) >= 11 is 0. The summed E-state index contributed by atoms with van der Waals surface area (Å²) in [6.07, 6.45) is 2.99. The van der Waals surface area contributed by atoms with E-state index in [4.69, 9.17) is 4.74 Å². The van der Waals surface area contributed by atoms with Crippen molar-refractivity contribution in [2.75, 3.05) is 6.54 Å². The topological polar surface area (TPSA) is 93.2 Å². The molecule has 0 aliphatic heterocycles. The minimum Gasteiger partial charge on any atom is -0.444 e. The number of nitrogens with one attached hydrogen (secondary N) is 2. The number of pyridine rings is 2. The Hall–Kier alpha value is -3.03. The molecule has 2 aromatic heterocycles. The first kappa shape index (κ1) is 20.3. The Labute approximate surface area is 157 Å². The second-order valence-electron chi connectivity index (χ2n) is 6.84. The van der Waals surface area contributed by atoms with Crippen LogP contribution < -0.4 is 10.6 Å². The maximum absolute atomic E-state index is 13.5. The molecule has 8 heteroatoms. The van der Waals surface area contributed by atoms with Crippen LogP contribution in [0.1, 0.15) is 42.5 Å². The molecule has 2 heterocycles. The van der Waals surface area contributed by atoms with Crippen LogP contribution in [0.5, 0.6) is 0 Å². The molecule has 0 fully saturated rings. The van der Waals surface area contributed by atoms with E-state index in [1.165, 1.54) is 24.5 Å². The zero-order chi connectivity index (χ0) is 19.9. The molecule has 0 bridgehead atoms. The first-order valence-electron chi connectivity index (χ1n) is 8.54. The number of alkyl carbamates (subject to hydrolysis) is 1. The molecule has 144 valence electrons. The molecular formula is C19H23FN4O3. The van der Waals surface area contributed by atoms with Gasteiger partial charge in [0.1, 0.15) is 17.1 Å². The van der Waals surface area contributed by atoms with E-state index in [1.54, 1.807) is 32.9 Å². The highest BCUT2D eigenvalue weighted by molar-refractivity contribution is 5.92. The highest BCUT2D eigenvalue weighted by Gasteiger charge is 2.15. The fourth-order valence-electron chi connectivity index (χ4n) is 2.18. The van der Waals surface area contributed by atoms with Crippen LogP contribution >= 0.6 is 0 Å². The maximum atomic E-state index is 13.5. The first-order chi connectivity index (χ1) is 12.7. The van der Waals surface area contributed by atoms with Crippen molar-refractivity contribution in [3.8, 4) is 0 Å². The Morgan fingerprint density at radius 3 is 2.63 bits per heavy atom. The van der Waals surface area contributed by atoms with E-state index < -0.39 is 23.4 Å². The first-order valence-corrected chi connectivity index (χ1v) is 8.54. The van der Waals surface area contributed by atoms with E-state index in [0.29, 0.717) is 13.0 Å². The van der Waals surface area contributed by atoms with Crippen molar-refractivity contribution in [1.82, 2.24) is 20.6 Å². The Kier molecular flexibility index (Phi) is 6.81. The van der Waals surface area contributed by atoms with Gasteiger partial charge in [-0.25, -0.2) is 9.18 Å². The third-order valence-corrected chi connectivity index (χ3v) is 3.39. The number of amides is 2. The van der Waals surface area contributed by atoms with Gasteiger partial charge in [-0.05, 0) is 57.0 Å². The van der Waals surface area contributed by atoms with Crippen LogP contribution in [0.25, 0.3) is 0 Å². The molecular weight excluding hydrogens is 351 g/mol. The quantitative estimate of drug-likeness (QED) is 0.811. The molecule has 0 aliphatic carbocycles. The van der Waals surface area contributed by atoms with E-state index in [1.807, 2.05) is 0 Å². The van der Waals surface area contributed by atoms with Gasteiger partial charge in [-0.1, -0.05) is 0 Å². The van der Waals surface area contributed by atoms with E-state index in [2.05, 4.69) is 20.6 Å². The maximum Gasteiger partial charge on any atom is 0.407 e. The molecule has 2 amide bonds. The zero-order valence-electron chi connectivity index (χ0n) is 15.6. The van der Waals surface area contributed by atoms with E-state index >= 15 is 0 Å². The van der Waals surface area contributed by atoms with Gasteiger partial charge in [0.25, 0.3) is 5.91 Å². The smallest absolute Gasteiger partial charge is 0.407 e. The number of ether oxygens (including phenoxy) is 1. The SMILES string of the molecule is CC(C)(C)OC(=O)NCCc1ccnc(C(=O)NCc2ncccc2F)c1. The molecule has 0 atom stereocenters. The minimum absolute atomic E-state index is 0.0301. The van der Waals surface area contributed by atoms with Gasteiger partial charge < -0.3 is 15.4 Å². The average Bonchev–Trinajstić information content (AvgIpc) is 2.59. The number of aromatic nitrogens is 2. The fraction of sp³-hybridized carbons (Fsp3) is 0.368. The van der Waals surface area contributed by atoms with Crippen molar-refractivity contribution < 1.29 is 18.7 Å². The number of carbonyl (C=O) groups is 2. The van der Waals surface area contributed by atoms with Gasteiger partial charge in [0, 0.05) is 18.9 Å². The molecule has 0 saturated heterocycles. The lowest BCUT2D eigenvalue weighted by Crippen LogP contribution is -2.33. The van der Waals surface area contributed by atoms with Crippen LogP contribution in [0.3, 0.4) is 0 Å².